The summed E-state index contributed by atoms with van der Waals surface area (Å²) in [7, 11) is 0. The lowest BCUT2D eigenvalue weighted by molar-refractivity contribution is 0.886. The predicted molar refractivity (Wildman–Crippen MR) is 115 cm³/mol. The first-order valence-corrected chi connectivity index (χ1v) is 10.2. The average Bonchev–Trinajstić information content (AvgIpc) is 3.12. The number of aromatic nitrogens is 3. The maximum Gasteiger partial charge on any atom is 0.196 e. The number of halogens is 1. The zero-order valence-corrected chi connectivity index (χ0v) is 16.8. The van der Waals surface area contributed by atoms with Gasteiger partial charge in [-0.2, -0.15) is 0 Å². The molecule has 0 aliphatic heterocycles. The molecule has 0 saturated heterocycles. The summed E-state index contributed by atoms with van der Waals surface area (Å²) < 4.78 is 3.16. The summed E-state index contributed by atoms with van der Waals surface area (Å²) in [5.74, 6) is 1.60. The van der Waals surface area contributed by atoms with Gasteiger partial charge in [0, 0.05) is 27.2 Å². The van der Waals surface area contributed by atoms with Crippen molar-refractivity contribution in [1.29, 1.82) is 0 Å². The largest absolute Gasteiger partial charge is 0.399 e. The van der Waals surface area contributed by atoms with E-state index in [0.717, 1.165) is 32.5 Å². The summed E-state index contributed by atoms with van der Waals surface area (Å²) in [5.41, 5.74) is 9.88. The topological polar surface area (TPSA) is 56.7 Å². The van der Waals surface area contributed by atoms with Crippen LogP contribution in [0.4, 0.5) is 5.69 Å². The minimum Gasteiger partial charge on any atom is -0.399 e. The standard InChI is InChI=1S/C21H17BrN4S/c22-17-11-9-15(10-12-17)14-27-21-25-24-20(16-5-4-6-18(23)13-16)26(21)19-7-2-1-3-8-19/h1-13H,14,23H2. The number of nitrogens with zero attached hydrogens (tertiary/aromatic N) is 3. The van der Waals surface area contributed by atoms with Crippen LogP contribution >= 0.6 is 27.7 Å². The normalized spacial score (nSPS) is 10.9. The second-order valence-electron chi connectivity index (χ2n) is 6.02. The first kappa shape index (κ1) is 17.8. The highest BCUT2D eigenvalue weighted by Gasteiger charge is 2.16. The van der Waals surface area contributed by atoms with Gasteiger partial charge in [0.05, 0.1) is 0 Å². The van der Waals surface area contributed by atoms with Gasteiger partial charge >= 0.3 is 0 Å². The summed E-state index contributed by atoms with van der Waals surface area (Å²) in [6.45, 7) is 0. The quantitative estimate of drug-likeness (QED) is 0.328. The van der Waals surface area contributed by atoms with E-state index in [9.17, 15) is 0 Å². The summed E-state index contributed by atoms with van der Waals surface area (Å²) in [4.78, 5) is 0. The van der Waals surface area contributed by atoms with E-state index >= 15 is 0 Å². The first-order valence-electron chi connectivity index (χ1n) is 8.45. The first-order chi connectivity index (χ1) is 13.2. The molecule has 0 aliphatic rings. The molecule has 2 N–H and O–H groups in total. The van der Waals surface area contributed by atoms with E-state index in [1.165, 1.54) is 5.56 Å². The van der Waals surface area contributed by atoms with Crippen LogP contribution in [0.1, 0.15) is 5.56 Å². The number of rotatable bonds is 5. The molecule has 0 atom stereocenters. The van der Waals surface area contributed by atoms with Gasteiger partial charge in [0.25, 0.3) is 0 Å². The lowest BCUT2D eigenvalue weighted by Gasteiger charge is -2.10. The van der Waals surface area contributed by atoms with Gasteiger partial charge in [-0.1, -0.05) is 70.2 Å². The summed E-state index contributed by atoms with van der Waals surface area (Å²) in [5, 5.41) is 9.77. The molecule has 0 unspecified atom stereocenters. The van der Waals surface area contributed by atoms with Gasteiger partial charge in [0.1, 0.15) is 0 Å². The molecule has 0 radical (unpaired) electrons. The Morgan fingerprint density at radius 1 is 0.889 bits per heavy atom. The van der Waals surface area contributed by atoms with Crippen molar-refractivity contribution in [2.45, 2.75) is 10.9 Å². The molecule has 3 aromatic carbocycles. The van der Waals surface area contributed by atoms with E-state index in [0.29, 0.717) is 5.69 Å². The molecule has 134 valence electrons. The minimum absolute atomic E-state index is 0.708. The molecule has 4 rings (SSSR count). The Morgan fingerprint density at radius 3 is 2.41 bits per heavy atom. The zero-order chi connectivity index (χ0) is 18.6. The van der Waals surface area contributed by atoms with Gasteiger partial charge in [-0.3, -0.25) is 4.57 Å². The van der Waals surface area contributed by atoms with Crippen LogP contribution in [0.3, 0.4) is 0 Å². The fourth-order valence-corrected chi connectivity index (χ4v) is 3.94. The van der Waals surface area contributed by atoms with Crippen molar-refractivity contribution in [1.82, 2.24) is 14.8 Å². The van der Waals surface area contributed by atoms with Crippen molar-refractivity contribution in [3.05, 3.63) is 88.9 Å². The maximum absolute atomic E-state index is 5.97. The van der Waals surface area contributed by atoms with Crippen molar-refractivity contribution >= 4 is 33.4 Å². The van der Waals surface area contributed by atoms with E-state index in [4.69, 9.17) is 5.73 Å². The molecule has 4 nitrogen and oxygen atoms in total. The van der Waals surface area contributed by atoms with Crippen LogP contribution in [0.5, 0.6) is 0 Å². The van der Waals surface area contributed by atoms with E-state index in [1.54, 1.807) is 11.8 Å². The number of thioether (sulfide) groups is 1. The van der Waals surface area contributed by atoms with Crippen molar-refractivity contribution in [3.63, 3.8) is 0 Å². The van der Waals surface area contributed by atoms with Gasteiger partial charge in [0.2, 0.25) is 0 Å². The lowest BCUT2D eigenvalue weighted by atomic mass is 10.2. The van der Waals surface area contributed by atoms with E-state index in [1.807, 2.05) is 42.5 Å². The Hall–Kier alpha value is -2.57. The molecular formula is C21H17BrN4S. The SMILES string of the molecule is Nc1cccc(-c2nnc(SCc3ccc(Br)cc3)n2-c2ccccc2)c1. The Kier molecular flexibility index (Phi) is 5.27. The van der Waals surface area contributed by atoms with E-state index in [2.05, 4.69) is 67.1 Å². The number of nitrogens with two attached hydrogens (primary N) is 1. The molecular weight excluding hydrogens is 420 g/mol. The molecule has 27 heavy (non-hydrogen) atoms. The summed E-state index contributed by atoms with van der Waals surface area (Å²) >= 11 is 5.14. The van der Waals surface area contributed by atoms with Crippen LogP contribution in [0.25, 0.3) is 17.1 Å². The molecule has 4 aromatic rings. The maximum atomic E-state index is 5.97. The van der Waals surface area contributed by atoms with Crippen molar-refractivity contribution in [2.75, 3.05) is 5.73 Å². The Bertz CT molecular complexity index is 1050. The molecule has 0 amide bonds. The third kappa shape index (κ3) is 4.07. The van der Waals surface area contributed by atoms with Gasteiger partial charge < -0.3 is 5.73 Å². The van der Waals surface area contributed by atoms with Gasteiger partial charge in [-0.05, 0) is 42.0 Å². The smallest absolute Gasteiger partial charge is 0.196 e. The minimum atomic E-state index is 0.708. The molecule has 1 aromatic heterocycles. The summed E-state index contributed by atoms with van der Waals surface area (Å²) in [6.07, 6.45) is 0. The third-order valence-electron chi connectivity index (χ3n) is 4.07. The number of anilines is 1. The fraction of sp³-hybridized carbons (Fsp3) is 0.0476. The van der Waals surface area contributed by atoms with Gasteiger partial charge in [-0.15, -0.1) is 10.2 Å². The second-order valence-corrected chi connectivity index (χ2v) is 7.88. The van der Waals surface area contributed by atoms with Crippen LogP contribution in [-0.2, 0) is 5.75 Å². The Morgan fingerprint density at radius 2 is 1.67 bits per heavy atom. The molecule has 0 spiro atoms. The van der Waals surface area contributed by atoms with Crippen molar-refractivity contribution < 1.29 is 0 Å². The summed E-state index contributed by atoms with van der Waals surface area (Å²) in [6, 6.07) is 26.2. The molecule has 6 heteroatoms. The lowest BCUT2D eigenvalue weighted by Crippen LogP contribution is -2.00. The molecule has 1 heterocycles. The van der Waals surface area contributed by atoms with Crippen LogP contribution < -0.4 is 5.73 Å². The van der Waals surface area contributed by atoms with E-state index < -0.39 is 0 Å². The van der Waals surface area contributed by atoms with Crippen LogP contribution in [-0.4, -0.2) is 14.8 Å². The van der Waals surface area contributed by atoms with Crippen molar-refractivity contribution in [3.8, 4) is 17.1 Å². The van der Waals surface area contributed by atoms with E-state index in [-0.39, 0.29) is 0 Å². The van der Waals surface area contributed by atoms with Crippen LogP contribution in [0.2, 0.25) is 0 Å². The van der Waals surface area contributed by atoms with Gasteiger partial charge in [0.15, 0.2) is 11.0 Å². The highest BCUT2D eigenvalue weighted by molar-refractivity contribution is 9.10. The number of para-hydroxylation sites is 1. The second kappa shape index (κ2) is 7.98. The number of benzene rings is 3. The Labute approximate surface area is 170 Å². The third-order valence-corrected chi connectivity index (χ3v) is 5.60. The highest BCUT2D eigenvalue weighted by Crippen LogP contribution is 2.30. The molecule has 0 bridgehead atoms. The van der Waals surface area contributed by atoms with Crippen LogP contribution in [0.15, 0.2) is 88.5 Å². The molecule has 0 saturated carbocycles. The van der Waals surface area contributed by atoms with Crippen molar-refractivity contribution in [2.24, 2.45) is 0 Å². The van der Waals surface area contributed by atoms with Crippen LogP contribution in [0, 0.1) is 0 Å². The Balaban J connectivity index is 1.72. The average molecular weight is 437 g/mol. The number of hydrogen-bond donors (Lipinski definition) is 1. The number of nitrogen functional groups attached to an aromatic ring is 1. The monoisotopic (exact) mass is 436 g/mol. The molecule has 0 aliphatic carbocycles. The van der Waals surface area contributed by atoms with Gasteiger partial charge in [-0.25, -0.2) is 0 Å². The highest BCUT2D eigenvalue weighted by atomic mass is 79.9. The molecule has 0 fully saturated rings. The zero-order valence-electron chi connectivity index (χ0n) is 14.4. The fourth-order valence-electron chi connectivity index (χ4n) is 2.77. The number of hydrogen-bond acceptors (Lipinski definition) is 4. The predicted octanol–water partition coefficient (Wildman–Crippen LogP) is 5.57.